The zero-order valence-electron chi connectivity index (χ0n) is 14.7. The molecule has 0 aromatic heterocycles. The molecule has 0 atom stereocenters. The molecule has 0 N–H and O–H groups in total. The lowest BCUT2D eigenvalue weighted by Crippen LogP contribution is -2.28. The second-order valence-electron chi connectivity index (χ2n) is 6.63. The van der Waals surface area contributed by atoms with Gasteiger partial charge in [0.2, 0.25) is 0 Å². The van der Waals surface area contributed by atoms with E-state index in [2.05, 4.69) is 4.74 Å². The number of hydrogen-bond donors (Lipinski definition) is 0. The summed E-state index contributed by atoms with van der Waals surface area (Å²) in [5, 5.41) is 0. The highest BCUT2D eigenvalue weighted by atomic mass is 16.6. The minimum Gasteiger partial charge on any atom is -0.469 e. The van der Waals surface area contributed by atoms with Crippen molar-refractivity contribution in [2.24, 2.45) is 0 Å². The molecule has 0 amide bonds. The maximum absolute atomic E-state index is 11.5. The molecule has 0 rings (SSSR count). The van der Waals surface area contributed by atoms with Gasteiger partial charge in [-0.3, -0.25) is 9.59 Å². The summed E-state index contributed by atoms with van der Waals surface area (Å²) in [6.07, 6.45) is 1.13. The van der Waals surface area contributed by atoms with E-state index in [4.69, 9.17) is 14.2 Å². The second kappa shape index (κ2) is 9.79. The van der Waals surface area contributed by atoms with E-state index in [0.29, 0.717) is 32.7 Å². The third kappa shape index (κ3) is 12.6. The summed E-state index contributed by atoms with van der Waals surface area (Å²) in [4.78, 5) is 22.5. The predicted molar refractivity (Wildman–Crippen MR) is 82.6 cm³/mol. The molecular weight excluding hydrogens is 288 g/mol. The van der Waals surface area contributed by atoms with Crippen LogP contribution in [0.1, 0.15) is 53.9 Å². The quantitative estimate of drug-likeness (QED) is 0.455. The Morgan fingerprint density at radius 1 is 0.864 bits per heavy atom. The Morgan fingerprint density at radius 2 is 1.50 bits per heavy atom. The van der Waals surface area contributed by atoms with Crippen molar-refractivity contribution in [2.45, 2.75) is 65.1 Å². The Balaban J connectivity index is 3.67. The van der Waals surface area contributed by atoms with Gasteiger partial charge in [-0.1, -0.05) is 0 Å². The molecule has 0 fully saturated rings. The Labute approximate surface area is 133 Å². The number of rotatable bonds is 10. The van der Waals surface area contributed by atoms with Crippen LogP contribution in [0.3, 0.4) is 0 Å². The van der Waals surface area contributed by atoms with Crippen molar-refractivity contribution >= 4 is 11.9 Å². The van der Waals surface area contributed by atoms with Gasteiger partial charge in [0.25, 0.3) is 0 Å². The van der Waals surface area contributed by atoms with Crippen molar-refractivity contribution in [3.8, 4) is 0 Å². The van der Waals surface area contributed by atoms with Crippen molar-refractivity contribution in [1.29, 1.82) is 0 Å². The Hall–Kier alpha value is -1.14. The molecule has 0 aliphatic rings. The monoisotopic (exact) mass is 318 g/mol. The highest BCUT2D eigenvalue weighted by Gasteiger charge is 2.20. The van der Waals surface area contributed by atoms with E-state index in [-0.39, 0.29) is 18.4 Å². The van der Waals surface area contributed by atoms with Gasteiger partial charge in [0.05, 0.1) is 39.0 Å². The fraction of sp³-hybridized carbons (Fsp3) is 0.875. The minimum absolute atomic E-state index is 0.225. The van der Waals surface area contributed by atoms with Gasteiger partial charge in [0.15, 0.2) is 0 Å². The van der Waals surface area contributed by atoms with E-state index in [1.807, 2.05) is 34.6 Å². The van der Waals surface area contributed by atoms with Gasteiger partial charge in [-0.2, -0.15) is 0 Å². The van der Waals surface area contributed by atoms with Crippen LogP contribution in [0.4, 0.5) is 0 Å². The molecule has 0 spiro atoms. The molecule has 0 unspecified atom stereocenters. The molecule has 0 bridgehead atoms. The molecular formula is C16H30O6. The molecule has 0 aromatic rings. The van der Waals surface area contributed by atoms with Gasteiger partial charge < -0.3 is 18.9 Å². The number of carbonyl (C=O) groups excluding carboxylic acids is 2. The Kier molecular flexibility index (Phi) is 9.28. The van der Waals surface area contributed by atoms with Crippen LogP contribution < -0.4 is 0 Å². The molecule has 0 saturated carbocycles. The van der Waals surface area contributed by atoms with Gasteiger partial charge in [0, 0.05) is 6.42 Å². The summed E-state index contributed by atoms with van der Waals surface area (Å²) in [6, 6.07) is 0. The lowest BCUT2D eigenvalue weighted by Gasteiger charge is -2.24. The fourth-order valence-electron chi connectivity index (χ4n) is 1.60. The van der Waals surface area contributed by atoms with Gasteiger partial charge in [-0.15, -0.1) is 0 Å². The first-order valence-electron chi connectivity index (χ1n) is 7.56. The molecule has 0 aliphatic heterocycles. The summed E-state index contributed by atoms with van der Waals surface area (Å²) in [7, 11) is 1.37. The first-order chi connectivity index (χ1) is 10.1. The van der Waals surface area contributed by atoms with E-state index in [1.165, 1.54) is 7.11 Å². The van der Waals surface area contributed by atoms with Gasteiger partial charge in [0.1, 0.15) is 5.60 Å². The minimum atomic E-state index is -0.468. The molecule has 22 heavy (non-hydrogen) atoms. The fourth-order valence-corrected chi connectivity index (χ4v) is 1.60. The molecule has 0 aromatic carbocycles. The first kappa shape index (κ1) is 20.9. The second-order valence-corrected chi connectivity index (χ2v) is 6.63. The summed E-state index contributed by atoms with van der Waals surface area (Å²) >= 11 is 0. The van der Waals surface area contributed by atoms with Crippen LogP contribution in [0.2, 0.25) is 0 Å². The molecule has 6 nitrogen and oxygen atoms in total. The third-order valence-corrected chi connectivity index (χ3v) is 2.75. The van der Waals surface area contributed by atoms with Crippen LogP contribution in [-0.4, -0.2) is 50.1 Å². The highest BCUT2D eigenvalue weighted by molar-refractivity contribution is 5.70. The molecule has 0 aliphatic carbocycles. The van der Waals surface area contributed by atoms with Crippen molar-refractivity contribution in [3.63, 3.8) is 0 Å². The SMILES string of the molecule is COC(=O)CCC(C)(C)OCCOCCC(=O)OC(C)(C)C. The summed E-state index contributed by atoms with van der Waals surface area (Å²) in [6.45, 7) is 10.4. The lowest BCUT2D eigenvalue weighted by atomic mass is 10.0. The number of carbonyl (C=O) groups is 2. The zero-order valence-corrected chi connectivity index (χ0v) is 14.7. The van der Waals surface area contributed by atoms with Crippen LogP contribution in [0.5, 0.6) is 0 Å². The van der Waals surface area contributed by atoms with Gasteiger partial charge in [-0.25, -0.2) is 0 Å². The van der Waals surface area contributed by atoms with E-state index in [1.54, 1.807) is 0 Å². The van der Waals surface area contributed by atoms with Gasteiger partial charge in [-0.05, 0) is 41.0 Å². The maximum atomic E-state index is 11.5. The average molecular weight is 318 g/mol. The Bertz CT molecular complexity index is 343. The van der Waals surface area contributed by atoms with E-state index in [9.17, 15) is 9.59 Å². The van der Waals surface area contributed by atoms with Crippen LogP contribution in [0, 0.1) is 0 Å². The zero-order chi connectivity index (χ0) is 17.2. The standard InChI is InChI=1S/C16H30O6/c1-15(2,3)22-14(18)8-10-20-11-12-21-16(4,5)9-7-13(17)19-6/h7-12H2,1-6H3. The highest BCUT2D eigenvalue weighted by Crippen LogP contribution is 2.16. The molecule has 0 saturated heterocycles. The van der Waals surface area contributed by atoms with Crippen molar-refractivity contribution in [1.82, 2.24) is 0 Å². The van der Waals surface area contributed by atoms with Crippen molar-refractivity contribution in [2.75, 3.05) is 26.9 Å². The molecule has 130 valence electrons. The van der Waals surface area contributed by atoms with Crippen LogP contribution in [0.15, 0.2) is 0 Å². The third-order valence-electron chi connectivity index (χ3n) is 2.75. The smallest absolute Gasteiger partial charge is 0.308 e. The van der Waals surface area contributed by atoms with Crippen LogP contribution in [0.25, 0.3) is 0 Å². The van der Waals surface area contributed by atoms with Gasteiger partial charge >= 0.3 is 11.9 Å². The van der Waals surface area contributed by atoms with Crippen LogP contribution >= 0.6 is 0 Å². The largest absolute Gasteiger partial charge is 0.469 e. The molecule has 0 heterocycles. The molecule has 0 radical (unpaired) electrons. The number of hydrogen-bond acceptors (Lipinski definition) is 6. The summed E-state index contributed by atoms with van der Waals surface area (Å²) < 4.78 is 20.8. The Morgan fingerprint density at radius 3 is 2.05 bits per heavy atom. The van der Waals surface area contributed by atoms with E-state index in [0.717, 1.165) is 0 Å². The number of esters is 2. The molecule has 6 heteroatoms. The maximum Gasteiger partial charge on any atom is 0.308 e. The topological polar surface area (TPSA) is 71.1 Å². The van der Waals surface area contributed by atoms with Crippen molar-refractivity contribution < 1.29 is 28.5 Å². The first-order valence-corrected chi connectivity index (χ1v) is 7.56. The summed E-state index contributed by atoms with van der Waals surface area (Å²) in [5.74, 6) is -0.517. The number of methoxy groups -OCH3 is 1. The van der Waals surface area contributed by atoms with Crippen LogP contribution in [-0.2, 0) is 28.5 Å². The van der Waals surface area contributed by atoms with E-state index < -0.39 is 11.2 Å². The summed E-state index contributed by atoms with van der Waals surface area (Å²) in [5.41, 5.74) is -0.882. The average Bonchev–Trinajstić information content (AvgIpc) is 2.38. The van der Waals surface area contributed by atoms with Crippen molar-refractivity contribution in [3.05, 3.63) is 0 Å². The van der Waals surface area contributed by atoms with E-state index >= 15 is 0 Å². The normalized spacial score (nSPS) is 12.1. The predicted octanol–water partition coefficient (Wildman–Crippen LogP) is 2.48. The lowest BCUT2D eigenvalue weighted by molar-refractivity contribution is -0.156. The number of ether oxygens (including phenoxy) is 4.